The molecule has 4 heteroatoms. The second-order valence-electron chi connectivity index (χ2n) is 9.87. The second kappa shape index (κ2) is 9.02. The number of nitrogens with zero attached hydrogens (tertiary/aromatic N) is 2. The number of pyridine rings is 1. The summed E-state index contributed by atoms with van der Waals surface area (Å²) in [6.07, 6.45) is 14.2. The van der Waals surface area contributed by atoms with Crippen LogP contribution in [-0.2, 0) is 11.2 Å². The lowest BCUT2D eigenvalue weighted by atomic mass is 9.64. The summed E-state index contributed by atoms with van der Waals surface area (Å²) in [5.41, 5.74) is 4.01. The minimum atomic E-state index is 0.210. The number of carbonyl (C=O) groups is 1. The van der Waals surface area contributed by atoms with Crippen LogP contribution in [0.15, 0.2) is 36.5 Å². The third kappa shape index (κ3) is 4.22. The summed E-state index contributed by atoms with van der Waals surface area (Å²) in [5.74, 6) is 3.44. The predicted molar refractivity (Wildman–Crippen MR) is 124 cm³/mol. The number of piperidine rings is 1. The molecule has 1 aromatic heterocycles. The maximum absolute atomic E-state index is 11.1. The number of anilines is 1. The highest BCUT2D eigenvalue weighted by Crippen LogP contribution is 2.48. The Hall–Kier alpha value is -2.36. The lowest BCUT2D eigenvalue weighted by Gasteiger charge is -2.40. The Morgan fingerprint density at radius 3 is 2.48 bits per heavy atom. The van der Waals surface area contributed by atoms with E-state index in [9.17, 15) is 9.90 Å². The van der Waals surface area contributed by atoms with E-state index in [0.717, 1.165) is 50.4 Å². The molecular weight excluding hydrogens is 384 g/mol. The molecule has 0 amide bonds. The SMILES string of the molecule is O=CC1CCN(c2ccc([C@H]3c4ccc(O)cc4CC[C@H]3C3CCCCC3)cn2)CC1. The first-order chi connectivity index (χ1) is 15.2. The van der Waals surface area contributed by atoms with Crippen molar-refractivity contribution in [1.29, 1.82) is 0 Å². The molecule has 1 saturated carbocycles. The Kier molecular flexibility index (Phi) is 5.97. The van der Waals surface area contributed by atoms with Crippen LogP contribution in [0.5, 0.6) is 5.75 Å². The van der Waals surface area contributed by atoms with Gasteiger partial charge < -0.3 is 14.8 Å². The number of aryl methyl sites for hydroxylation is 1. The topological polar surface area (TPSA) is 53.4 Å². The molecule has 2 aromatic rings. The first-order valence-electron chi connectivity index (χ1n) is 12.2. The number of carbonyl (C=O) groups excluding carboxylic acids is 1. The number of phenols is 1. The number of hydrogen-bond acceptors (Lipinski definition) is 4. The van der Waals surface area contributed by atoms with Crippen LogP contribution in [0.25, 0.3) is 0 Å². The van der Waals surface area contributed by atoms with Crippen LogP contribution < -0.4 is 4.90 Å². The zero-order chi connectivity index (χ0) is 21.2. The van der Waals surface area contributed by atoms with Gasteiger partial charge >= 0.3 is 0 Å². The molecule has 0 bridgehead atoms. The first kappa shape index (κ1) is 20.5. The van der Waals surface area contributed by atoms with E-state index in [4.69, 9.17) is 4.98 Å². The molecule has 1 aliphatic heterocycles. The highest BCUT2D eigenvalue weighted by Gasteiger charge is 2.36. The van der Waals surface area contributed by atoms with Crippen LogP contribution in [0.1, 0.15) is 74.0 Å². The van der Waals surface area contributed by atoms with Gasteiger partial charge in [0.25, 0.3) is 0 Å². The van der Waals surface area contributed by atoms with Gasteiger partial charge in [-0.3, -0.25) is 0 Å². The molecule has 1 N–H and O–H groups in total. The van der Waals surface area contributed by atoms with Gasteiger partial charge in [0.05, 0.1) is 0 Å². The number of aldehydes is 1. The van der Waals surface area contributed by atoms with E-state index in [-0.39, 0.29) is 5.92 Å². The average molecular weight is 419 g/mol. The summed E-state index contributed by atoms with van der Waals surface area (Å²) in [6, 6.07) is 10.5. The van der Waals surface area contributed by atoms with Crippen molar-refractivity contribution in [1.82, 2.24) is 4.98 Å². The Bertz CT molecular complexity index is 896. The van der Waals surface area contributed by atoms with Crippen molar-refractivity contribution in [2.75, 3.05) is 18.0 Å². The molecule has 0 unspecified atom stereocenters. The van der Waals surface area contributed by atoms with Crippen LogP contribution in [0.2, 0.25) is 0 Å². The molecule has 164 valence electrons. The average Bonchev–Trinajstić information content (AvgIpc) is 2.84. The molecule has 0 radical (unpaired) electrons. The molecule has 3 aliphatic rings. The fourth-order valence-electron chi connectivity index (χ4n) is 6.36. The first-order valence-corrected chi connectivity index (χ1v) is 12.2. The van der Waals surface area contributed by atoms with E-state index in [1.807, 2.05) is 12.1 Å². The number of hydrogen-bond donors (Lipinski definition) is 1. The molecule has 1 aromatic carbocycles. The van der Waals surface area contributed by atoms with Crippen molar-refractivity contribution in [3.8, 4) is 5.75 Å². The Labute approximate surface area is 185 Å². The summed E-state index contributed by atoms with van der Waals surface area (Å²) in [4.78, 5) is 18.3. The van der Waals surface area contributed by atoms with Gasteiger partial charge in [-0.25, -0.2) is 4.98 Å². The van der Waals surface area contributed by atoms with Crippen molar-refractivity contribution >= 4 is 12.1 Å². The molecule has 0 spiro atoms. The molecule has 1 saturated heterocycles. The molecule has 4 nitrogen and oxygen atoms in total. The molecule has 2 aliphatic carbocycles. The lowest BCUT2D eigenvalue weighted by molar-refractivity contribution is -0.111. The van der Waals surface area contributed by atoms with Crippen molar-refractivity contribution in [2.24, 2.45) is 17.8 Å². The summed E-state index contributed by atoms with van der Waals surface area (Å²) < 4.78 is 0. The van der Waals surface area contributed by atoms with Crippen LogP contribution in [-0.4, -0.2) is 29.5 Å². The number of rotatable bonds is 4. The lowest BCUT2D eigenvalue weighted by Crippen LogP contribution is -2.34. The fraction of sp³-hybridized carbons (Fsp3) is 0.556. The number of fused-ring (bicyclic) bond motifs is 1. The van der Waals surface area contributed by atoms with Gasteiger partial charge in [0.1, 0.15) is 17.9 Å². The van der Waals surface area contributed by atoms with E-state index < -0.39 is 0 Å². The van der Waals surface area contributed by atoms with Crippen molar-refractivity contribution in [3.63, 3.8) is 0 Å². The molecule has 31 heavy (non-hydrogen) atoms. The van der Waals surface area contributed by atoms with Gasteiger partial charge in [-0.2, -0.15) is 0 Å². The standard InChI is InChI=1S/C27H34N2O2/c30-18-19-12-14-29(15-13-19)26-11-7-22(17-28-26)27-24(20-4-2-1-3-5-20)9-6-21-16-23(31)8-10-25(21)27/h7-8,10-11,16-20,24,27,31H,1-6,9,12-15H2/t24-,27+/m0/s1. The number of phenolic OH excluding ortho intramolecular Hbond substituents is 1. The number of aromatic nitrogens is 1. The van der Waals surface area contributed by atoms with Crippen LogP contribution in [0, 0.1) is 17.8 Å². The summed E-state index contributed by atoms with van der Waals surface area (Å²) >= 11 is 0. The highest BCUT2D eigenvalue weighted by atomic mass is 16.3. The van der Waals surface area contributed by atoms with E-state index >= 15 is 0 Å². The van der Waals surface area contributed by atoms with E-state index in [1.165, 1.54) is 55.2 Å². The number of aromatic hydroxyl groups is 1. The van der Waals surface area contributed by atoms with Gasteiger partial charge in [0, 0.05) is 31.1 Å². The molecule has 2 fully saturated rings. The summed E-state index contributed by atoms with van der Waals surface area (Å²) in [5, 5.41) is 10.0. The predicted octanol–water partition coefficient (Wildman–Crippen LogP) is 5.48. The van der Waals surface area contributed by atoms with Crippen LogP contribution in [0.4, 0.5) is 5.82 Å². The molecule has 2 heterocycles. The van der Waals surface area contributed by atoms with Crippen molar-refractivity contribution in [2.45, 2.75) is 63.7 Å². The third-order valence-electron chi connectivity index (χ3n) is 8.08. The fourth-order valence-corrected chi connectivity index (χ4v) is 6.36. The highest BCUT2D eigenvalue weighted by molar-refractivity contribution is 5.55. The molecule has 2 atom stereocenters. The van der Waals surface area contributed by atoms with E-state index in [1.54, 1.807) is 0 Å². The molecular formula is C27H34N2O2. The largest absolute Gasteiger partial charge is 0.508 e. The van der Waals surface area contributed by atoms with Crippen LogP contribution in [0.3, 0.4) is 0 Å². The smallest absolute Gasteiger partial charge is 0.128 e. The maximum Gasteiger partial charge on any atom is 0.128 e. The zero-order valence-electron chi connectivity index (χ0n) is 18.4. The summed E-state index contributed by atoms with van der Waals surface area (Å²) in [7, 11) is 0. The van der Waals surface area contributed by atoms with Gasteiger partial charge in [-0.1, -0.05) is 44.2 Å². The zero-order valence-corrected chi connectivity index (χ0v) is 18.4. The van der Waals surface area contributed by atoms with Gasteiger partial charge in [0.2, 0.25) is 0 Å². The Morgan fingerprint density at radius 1 is 0.968 bits per heavy atom. The Balaban J connectivity index is 1.43. The summed E-state index contributed by atoms with van der Waals surface area (Å²) in [6.45, 7) is 1.82. The van der Waals surface area contributed by atoms with Crippen molar-refractivity contribution < 1.29 is 9.90 Å². The van der Waals surface area contributed by atoms with E-state index in [2.05, 4.69) is 29.3 Å². The number of benzene rings is 1. The van der Waals surface area contributed by atoms with Gasteiger partial charge in [-0.15, -0.1) is 0 Å². The van der Waals surface area contributed by atoms with Crippen LogP contribution >= 0.6 is 0 Å². The Morgan fingerprint density at radius 2 is 1.77 bits per heavy atom. The third-order valence-corrected chi connectivity index (χ3v) is 8.08. The normalized spacial score (nSPS) is 25.2. The minimum Gasteiger partial charge on any atom is -0.508 e. The van der Waals surface area contributed by atoms with Gasteiger partial charge in [-0.05, 0) is 72.4 Å². The van der Waals surface area contributed by atoms with Gasteiger partial charge in [0.15, 0.2) is 0 Å². The minimum absolute atomic E-state index is 0.210. The monoisotopic (exact) mass is 418 g/mol. The van der Waals surface area contributed by atoms with E-state index in [0.29, 0.717) is 17.6 Å². The molecule has 5 rings (SSSR count). The van der Waals surface area contributed by atoms with Crippen molar-refractivity contribution in [3.05, 3.63) is 53.2 Å². The maximum atomic E-state index is 11.1. The quantitative estimate of drug-likeness (QED) is 0.668. The second-order valence-corrected chi connectivity index (χ2v) is 9.87.